The van der Waals surface area contributed by atoms with Crippen molar-refractivity contribution in [1.29, 1.82) is 0 Å². The van der Waals surface area contributed by atoms with E-state index in [4.69, 9.17) is 0 Å². The van der Waals surface area contributed by atoms with E-state index in [0.29, 0.717) is 31.6 Å². The Bertz CT molecular complexity index is 1060. The smallest absolute Gasteiger partial charge is 0.503 e. The minimum Gasteiger partial charge on any atom is -0.503 e. The van der Waals surface area contributed by atoms with Crippen molar-refractivity contribution in [2.45, 2.75) is 44.3 Å². The lowest BCUT2D eigenvalue weighted by Gasteiger charge is -2.51. The molecule has 0 aliphatic carbocycles. The lowest BCUT2D eigenvalue weighted by molar-refractivity contribution is -0.275. The monoisotopic (exact) mass is 506 g/mol. The molecule has 1 aromatic heterocycles. The predicted molar refractivity (Wildman–Crippen MR) is 119 cm³/mol. The van der Waals surface area contributed by atoms with Crippen LogP contribution in [0.3, 0.4) is 0 Å². The minimum absolute atomic E-state index is 0.117. The highest BCUT2D eigenvalue weighted by molar-refractivity contribution is 8.23. The normalized spacial score (nSPS) is 26.7. The molecular formula is C21H26F4N4O4S. The molecule has 4 rings (SSSR count). The third-order valence-corrected chi connectivity index (χ3v) is 8.36. The highest BCUT2D eigenvalue weighted by Gasteiger charge is 2.55. The van der Waals surface area contributed by atoms with Crippen LogP contribution in [0.4, 0.5) is 23.2 Å². The highest BCUT2D eigenvalue weighted by Crippen LogP contribution is 2.61. The molecule has 34 heavy (non-hydrogen) atoms. The van der Waals surface area contributed by atoms with Gasteiger partial charge in [0.1, 0.15) is 5.82 Å². The molecule has 3 heterocycles. The lowest BCUT2D eigenvalue weighted by Crippen LogP contribution is -2.57. The van der Waals surface area contributed by atoms with Gasteiger partial charge in [-0.05, 0) is 38.0 Å². The number of halogens is 4. The fraction of sp³-hybridized carbons (Fsp3) is 0.476. The number of alkyl halides is 3. The van der Waals surface area contributed by atoms with Crippen LogP contribution >= 0.6 is 11.0 Å². The third-order valence-electron chi connectivity index (χ3n) is 6.31. The first-order chi connectivity index (χ1) is 15.8. The fourth-order valence-electron chi connectivity index (χ4n) is 4.87. The van der Waals surface area contributed by atoms with Gasteiger partial charge in [-0.3, -0.25) is 23.3 Å². The molecule has 2 saturated heterocycles. The fourth-order valence-corrected chi connectivity index (χ4v) is 6.70. The molecule has 0 radical (unpaired) electrons. The van der Waals surface area contributed by atoms with Gasteiger partial charge >= 0.3 is 6.36 Å². The molecule has 8 nitrogen and oxygen atoms in total. The van der Waals surface area contributed by atoms with Crippen LogP contribution in [0, 0.1) is 5.82 Å². The van der Waals surface area contributed by atoms with Crippen LogP contribution in [-0.4, -0.2) is 66.5 Å². The first-order valence-electron chi connectivity index (χ1n) is 10.5. The number of benzene rings is 1. The molecule has 2 aromatic rings. The second-order valence-electron chi connectivity index (χ2n) is 8.74. The first-order valence-corrected chi connectivity index (χ1v) is 12.0. The van der Waals surface area contributed by atoms with E-state index >= 15 is 0 Å². The van der Waals surface area contributed by atoms with Crippen LogP contribution in [0.25, 0.3) is 0 Å². The molecule has 13 heteroatoms. The Morgan fingerprint density at radius 2 is 2.00 bits per heavy atom. The number of pyridine rings is 1. The van der Waals surface area contributed by atoms with Gasteiger partial charge < -0.3 is 9.84 Å². The average Bonchev–Trinajstić information content (AvgIpc) is 2.90. The standard InChI is InChI=1S/C21H26F4N4O4S/c1-14-10-20(13-27(2)34(31,32)29(20)17-5-3-4-15(22)8-17)6-7-28(14)12-16-9-19(18(30)11-26-16)33-21(23,24)25/h3-5,8-9,11,14,30-32H,6-7,10,12-13H2,1-2H3/t14-,20+/m0/s1. The number of hydrogen-bond acceptors (Lipinski definition) is 8. The van der Waals surface area contributed by atoms with E-state index in [0.717, 1.165) is 12.3 Å². The maximum absolute atomic E-state index is 14.0. The second kappa shape index (κ2) is 8.72. The van der Waals surface area contributed by atoms with Gasteiger partial charge in [-0.25, -0.2) is 4.39 Å². The Morgan fingerprint density at radius 1 is 1.26 bits per heavy atom. The van der Waals surface area contributed by atoms with E-state index in [-0.39, 0.29) is 18.3 Å². The van der Waals surface area contributed by atoms with Gasteiger partial charge in [0.05, 0.1) is 23.1 Å². The number of nitrogens with zero attached hydrogens (tertiary/aromatic N) is 4. The molecule has 2 aliphatic heterocycles. The van der Waals surface area contributed by atoms with Crippen LogP contribution in [0.5, 0.6) is 11.5 Å². The summed E-state index contributed by atoms with van der Waals surface area (Å²) in [6.45, 7) is 2.97. The average molecular weight is 507 g/mol. The van der Waals surface area contributed by atoms with Crippen LogP contribution in [-0.2, 0) is 6.54 Å². The summed E-state index contributed by atoms with van der Waals surface area (Å²) in [7, 11) is -1.75. The zero-order chi connectivity index (χ0) is 24.9. The Labute approximate surface area is 196 Å². The third kappa shape index (κ3) is 4.75. The second-order valence-corrected chi connectivity index (χ2v) is 10.7. The van der Waals surface area contributed by atoms with E-state index < -0.39 is 40.2 Å². The molecule has 188 valence electrons. The maximum atomic E-state index is 14.0. The topological polar surface area (TPSA) is 92.5 Å². The van der Waals surface area contributed by atoms with Crippen molar-refractivity contribution in [3.63, 3.8) is 0 Å². The van der Waals surface area contributed by atoms with Gasteiger partial charge in [0.2, 0.25) is 0 Å². The van der Waals surface area contributed by atoms with Gasteiger partial charge in [0, 0.05) is 38.8 Å². The van der Waals surface area contributed by atoms with E-state index in [1.54, 1.807) is 13.1 Å². The first kappa shape index (κ1) is 24.8. The SMILES string of the molecule is C[C@H]1C[C@]2(CCN1Cc1cc(OC(F)(F)F)c(O)cn1)CN(C)S(O)(O)N2c1cccc(F)c1. The van der Waals surface area contributed by atoms with Gasteiger partial charge in [-0.15, -0.1) is 13.2 Å². The molecule has 1 spiro atoms. The van der Waals surface area contributed by atoms with Gasteiger partial charge in [0.25, 0.3) is 0 Å². The number of hydrogen-bond donors (Lipinski definition) is 3. The number of aromatic nitrogens is 1. The van der Waals surface area contributed by atoms with Crippen molar-refractivity contribution in [2.24, 2.45) is 0 Å². The zero-order valence-electron chi connectivity index (χ0n) is 18.5. The van der Waals surface area contributed by atoms with Gasteiger partial charge in [-0.2, -0.15) is 4.31 Å². The highest BCUT2D eigenvalue weighted by atomic mass is 32.3. The molecule has 1 aromatic carbocycles. The largest absolute Gasteiger partial charge is 0.573 e. The van der Waals surface area contributed by atoms with Crippen LogP contribution < -0.4 is 9.04 Å². The van der Waals surface area contributed by atoms with Crippen molar-refractivity contribution < 1.29 is 36.5 Å². The molecule has 2 fully saturated rings. The lowest BCUT2D eigenvalue weighted by atomic mass is 9.83. The number of ether oxygens (including phenoxy) is 1. The number of aromatic hydroxyl groups is 1. The van der Waals surface area contributed by atoms with Crippen molar-refractivity contribution >= 4 is 16.6 Å². The maximum Gasteiger partial charge on any atom is 0.573 e. The van der Waals surface area contributed by atoms with Crippen molar-refractivity contribution in [3.05, 3.63) is 48.0 Å². The molecule has 0 bridgehead atoms. The Morgan fingerprint density at radius 3 is 2.65 bits per heavy atom. The zero-order valence-corrected chi connectivity index (χ0v) is 19.4. The van der Waals surface area contributed by atoms with Crippen LogP contribution in [0.1, 0.15) is 25.5 Å². The number of piperidine rings is 1. The van der Waals surface area contributed by atoms with E-state index in [1.807, 2.05) is 11.8 Å². The van der Waals surface area contributed by atoms with E-state index in [1.165, 1.54) is 26.8 Å². The molecule has 3 N–H and O–H groups in total. The predicted octanol–water partition coefficient (Wildman–Crippen LogP) is 4.58. The number of likely N-dealkylation sites (N-methyl/N-ethyl adjacent to an activating group) is 1. The quantitative estimate of drug-likeness (QED) is 0.519. The summed E-state index contributed by atoms with van der Waals surface area (Å²) < 4.78 is 80.5. The van der Waals surface area contributed by atoms with Gasteiger partial charge in [0.15, 0.2) is 11.5 Å². The molecule has 0 unspecified atom stereocenters. The number of likely N-dealkylation sites (tertiary alicyclic amines) is 1. The van der Waals surface area contributed by atoms with Crippen molar-refractivity contribution in [1.82, 2.24) is 14.2 Å². The van der Waals surface area contributed by atoms with E-state index in [9.17, 15) is 31.8 Å². The number of rotatable bonds is 4. The summed E-state index contributed by atoms with van der Waals surface area (Å²) in [5.41, 5.74) is -0.0154. The molecule has 2 aliphatic rings. The van der Waals surface area contributed by atoms with Crippen LogP contribution in [0.15, 0.2) is 36.5 Å². The van der Waals surface area contributed by atoms with Crippen molar-refractivity contribution in [2.75, 3.05) is 24.4 Å². The van der Waals surface area contributed by atoms with Gasteiger partial charge in [-0.1, -0.05) is 17.0 Å². The summed E-state index contributed by atoms with van der Waals surface area (Å²) in [5.74, 6) is -1.92. The van der Waals surface area contributed by atoms with Crippen molar-refractivity contribution in [3.8, 4) is 11.5 Å². The van der Waals surface area contributed by atoms with Crippen LogP contribution in [0.2, 0.25) is 0 Å². The Hall–Kier alpha value is -2.32. The summed E-state index contributed by atoms with van der Waals surface area (Å²) >= 11 is 0. The summed E-state index contributed by atoms with van der Waals surface area (Å²) in [6, 6.07) is 6.65. The molecule has 0 amide bonds. The molecule has 0 saturated carbocycles. The Balaban J connectivity index is 1.55. The van der Waals surface area contributed by atoms with E-state index in [2.05, 4.69) is 9.72 Å². The summed E-state index contributed by atoms with van der Waals surface area (Å²) in [6.07, 6.45) is -3.04. The summed E-state index contributed by atoms with van der Waals surface area (Å²) in [4.78, 5) is 6.03. The Kier molecular flexibility index (Phi) is 6.36. The number of anilines is 1. The molecular weight excluding hydrogens is 480 g/mol. The summed E-state index contributed by atoms with van der Waals surface area (Å²) in [5, 5.41) is 9.64. The minimum atomic E-state index is -4.95. The molecule has 2 atom stereocenters.